The van der Waals surface area contributed by atoms with Crippen LogP contribution in [0.1, 0.15) is 84.0 Å². The number of aliphatic carboxylic acids is 1. The van der Waals surface area contributed by atoms with Crippen molar-refractivity contribution in [2.24, 2.45) is 5.92 Å². The average Bonchev–Trinajstić information content (AvgIpc) is 2.67. The summed E-state index contributed by atoms with van der Waals surface area (Å²) in [4.78, 5) is 23.7. The van der Waals surface area contributed by atoms with Crippen LogP contribution in [0.25, 0.3) is 0 Å². The number of nitrogens with zero attached hydrogens (tertiary/aromatic N) is 1. The van der Waals surface area contributed by atoms with Gasteiger partial charge in [-0.15, -0.1) is 23.2 Å². The summed E-state index contributed by atoms with van der Waals surface area (Å²) in [6.07, 6.45) is 14.1. The van der Waals surface area contributed by atoms with Crippen LogP contribution in [0.3, 0.4) is 0 Å². The number of carbonyl (C=O) groups is 2. The lowest BCUT2D eigenvalue weighted by Crippen LogP contribution is -2.51. The van der Waals surface area contributed by atoms with E-state index >= 15 is 0 Å². The van der Waals surface area contributed by atoms with Gasteiger partial charge in [0.25, 0.3) is 0 Å². The summed E-state index contributed by atoms with van der Waals surface area (Å²) in [5.74, 6) is -3.39. The largest absolute Gasteiger partial charge is 0.549 e. The van der Waals surface area contributed by atoms with Crippen LogP contribution < -0.4 is 5.11 Å². The van der Waals surface area contributed by atoms with Crippen molar-refractivity contribution < 1.29 is 24.3 Å². The molecule has 0 aliphatic carbocycles. The molecule has 0 fully saturated rings. The van der Waals surface area contributed by atoms with Crippen LogP contribution in [0.2, 0.25) is 0 Å². The number of carbonyl (C=O) groups excluding carboxylic acids is 2. The highest BCUT2D eigenvalue weighted by Gasteiger charge is 2.31. The number of rotatable bonds is 20. The van der Waals surface area contributed by atoms with Crippen molar-refractivity contribution >= 4 is 35.0 Å². The zero-order valence-electron chi connectivity index (χ0n) is 20.5. The number of carboxylic acid groups (broad SMARTS) is 1. The van der Waals surface area contributed by atoms with E-state index in [1.807, 2.05) is 21.1 Å². The number of quaternary nitrogens is 1. The van der Waals surface area contributed by atoms with Gasteiger partial charge in [0.15, 0.2) is 0 Å². The molecule has 5 nitrogen and oxygen atoms in total. The minimum absolute atomic E-state index is 0.0509. The first-order valence-electron chi connectivity index (χ1n) is 12.1. The highest BCUT2D eigenvalue weighted by Crippen LogP contribution is 2.21. The lowest BCUT2D eigenvalue weighted by atomic mass is 9.93. The van der Waals surface area contributed by atoms with E-state index in [9.17, 15) is 19.8 Å². The number of halogens is 2. The van der Waals surface area contributed by atoms with E-state index in [0.717, 1.165) is 44.9 Å². The Kier molecular flexibility index (Phi) is 17.5. The maximum Gasteiger partial charge on any atom is 0.144 e. The molecule has 188 valence electrons. The van der Waals surface area contributed by atoms with Crippen LogP contribution in [0.5, 0.6) is 0 Å². The molecule has 7 heteroatoms. The third kappa shape index (κ3) is 16.1. The summed E-state index contributed by atoms with van der Waals surface area (Å²) in [5.41, 5.74) is 0. The van der Waals surface area contributed by atoms with Crippen molar-refractivity contribution in [3.8, 4) is 0 Å². The third-order valence-corrected chi connectivity index (χ3v) is 6.65. The van der Waals surface area contributed by atoms with E-state index in [-0.39, 0.29) is 23.7 Å². The van der Waals surface area contributed by atoms with Crippen LogP contribution in [0.15, 0.2) is 12.2 Å². The van der Waals surface area contributed by atoms with Crippen LogP contribution in [-0.2, 0) is 9.59 Å². The van der Waals surface area contributed by atoms with Crippen LogP contribution in [0, 0.1) is 5.92 Å². The Hall–Kier alpha value is -0.620. The van der Waals surface area contributed by atoms with E-state index in [4.69, 9.17) is 23.2 Å². The predicted octanol–water partition coefficient (Wildman–Crippen LogP) is 4.46. The van der Waals surface area contributed by atoms with Crippen molar-refractivity contribution in [3.63, 3.8) is 0 Å². The number of alkyl halides is 2. The van der Waals surface area contributed by atoms with Crippen LogP contribution in [-0.4, -0.2) is 65.9 Å². The lowest BCUT2D eigenvalue weighted by molar-refractivity contribution is -0.873. The average molecular weight is 495 g/mol. The number of hydrogen-bond acceptors (Lipinski definition) is 4. The van der Waals surface area contributed by atoms with Crippen molar-refractivity contribution in [1.29, 1.82) is 0 Å². The zero-order valence-corrected chi connectivity index (χ0v) is 22.0. The number of allylic oxidation sites excluding steroid dienone is 2. The van der Waals surface area contributed by atoms with E-state index in [1.54, 1.807) is 0 Å². The first-order valence-corrected chi connectivity index (χ1v) is 13.0. The van der Waals surface area contributed by atoms with Gasteiger partial charge in [0.05, 0.1) is 43.8 Å². The van der Waals surface area contributed by atoms with Gasteiger partial charge < -0.3 is 19.5 Å². The third-order valence-electron chi connectivity index (χ3n) is 5.52. The normalized spacial score (nSPS) is 16.1. The number of carboxylic acids is 1. The van der Waals surface area contributed by atoms with Crippen molar-refractivity contribution in [1.82, 2.24) is 0 Å². The highest BCUT2D eigenvalue weighted by atomic mass is 35.5. The van der Waals surface area contributed by atoms with Gasteiger partial charge >= 0.3 is 0 Å². The SMILES string of the molecule is CCCCC/C=C\CC(Cl)C(Cl)CCCCCCCC(=O)C(C(=O)[O-])C(O)C[N+](C)(C)C. The Balaban J connectivity index is 4.01. The first-order chi connectivity index (χ1) is 15.0. The molecule has 0 spiro atoms. The molecule has 0 aromatic heterocycles. The molecule has 0 saturated heterocycles. The number of likely N-dealkylation sites (N-methyl/N-ethyl adjacent to an activating group) is 1. The fourth-order valence-corrected chi connectivity index (χ4v) is 4.16. The van der Waals surface area contributed by atoms with Gasteiger partial charge in [-0.2, -0.15) is 0 Å². The second-order valence-corrected chi connectivity index (χ2v) is 11.0. The van der Waals surface area contributed by atoms with Gasteiger partial charge in [-0.1, -0.05) is 57.6 Å². The minimum Gasteiger partial charge on any atom is -0.549 e. The topological polar surface area (TPSA) is 77.4 Å². The molecule has 0 amide bonds. The Morgan fingerprint density at radius 1 is 0.938 bits per heavy atom. The molecule has 0 aromatic rings. The summed E-state index contributed by atoms with van der Waals surface area (Å²) >= 11 is 12.8. The Morgan fingerprint density at radius 2 is 1.56 bits per heavy atom. The molecule has 0 bridgehead atoms. The zero-order chi connectivity index (χ0) is 24.6. The maximum atomic E-state index is 12.3. The smallest absolute Gasteiger partial charge is 0.144 e. The van der Waals surface area contributed by atoms with Gasteiger partial charge in [-0.25, -0.2) is 0 Å². The molecule has 0 heterocycles. The summed E-state index contributed by atoms with van der Waals surface area (Å²) < 4.78 is 0.373. The molecule has 0 rings (SSSR count). The molecule has 0 aromatic carbocycles. The van der Waals surface area contributed by atoms with E-state index in [2.05, 4.69) is 19.1 Å². The van der Waals surface area contributed by atoms with Gasteiger partial charge in [0.2, 0.25) is 0 Å². The number of aliphatic hydroxyl groups excluding tert-OH is 1. The van der Waals surface area contributed by atoms with E-state index in [1.165, 1.54) is 19.3 Å². The molecule has 0 saturated carbocycles. The number of Topliss-reactive ketones (excluding diaryl/α,β-unsaturated/α-hetero) is 1. The number of ketones is 1. The monoisotopic (exact) mass is 493 g/mol. The molecule has 0 aliphatic heterocycles. The summed E-state index contributed by atoms with van der Waals surface area (Å²) in [5, 5.41) is 21.4. The van der Waals surface area contributed by atoms with E-state index < -0.39 is 23.8 Å². The van der Waals surface area contributed by atoms with Gasteiger partial charge in [0.1, 0.15) is 18.4 Å². The molecule has 0 aliphatic rings. The quantitative estimate of drug-likeness (QED) is 0.0891. The molecule has 4 unspecified atom stereocenters. The number of aliphatic hydroxyl groups is 1. The fourth-order valence-electron chi connectivity index (χ4n) is 3.68. The number of hydrogen-bond donors (Lipinski definition) is 1. The van der Waals surface area contributed by atoms with Crippen LogP contribution >= 0.6 is 23.2 Å². The summed E-state index contributed by atoms with van der Waals surface area (Å²) in [6.45, 7) is 2.38. The fraction of sp³-hybridized carbons (Fsp3) is 0.840. The minimum atomic E-state index is -1.49. The molecule has 4 atom stereocenters. The van der Waals surface area contributed by atoms with Gasteiger partial charge in [0, 0.05) is 6.42 Å². The predicted molar refractivity (Wildman–Crippen MR) is 132 cm³/mol. The van der Waals surface area contributed by atoms with Gasteiger partial charge in [-0.3, -0.25) is 4.79 Å². The standard InChI is InChI=1S/C25H45Cl2NO4/c1-5-6-7-8-10-13-16-20(26)21(27)17-14-11-9-12-15-18-22(29)24(25(31)32)23(30)19-28(2,3)4/h10,13,20-21,23-24,30H,5-9,11-12,14-19H2,1-4H3/b13-10-. The molecule has 0 radical (unpaired) electrons. The molecular formula is C25H45Cl2NO4. The second-order valence-electron chi connectivity index (χ2n) is 9.84. The first kappa shape index (κ1) is 31.4. The maximum absolute atomic E-state index is 12.3. The van der Waals surface area contributed by atoms with Crippen molar-refractivity contribution in [2.75, 3.05) is 27.7 Å². The van der Waals surface area contributed by atoms with Gasteiger partial charge in [-0.05, 0) is 32.1 Å². The van der Waals surface area contributed by atoms with Crippen molar-refractivity contribution in [2.45, 2.75) is 101 Å². The van der Waals surface area contributed by atoms with Crippen LogP contribution in [0.4, 0.5) is 0 Å². The highest BCUT2D eigenvalue weighted by molar-refractivity contribution is 6.30. The Bertz CT molecular complexity index is 549. The molecule has 32 heavy (non-hydrogen) atoms. The molecular weight excluding hydrogens is 449 g/mol. The summed E-state index contributed by atoms with van der Waals surface area (Å²) in [7, 11) is 5.51. The van der Waals surface area contributed by atoms with Crippen molar-refractivity contribution in [3.05, 3.63) is 12.2 Å². The number of unbranched alkanes of at least 4 members (excludes halogenated alkanes) is 7. The second kappa shape index (κ2) is 17.8. The Morgan fingerprint density at radius 3 is 2.16 bits per heavy atom. The summed E-state index contributed by atoms with van der Waals surface area (Å²) in [6, 6.07) is 0. The lowest BCUT2D eigenvalue weighted by Gasteiger charge is -2.30. The van der Waals surface area contributed by atoms with E-state index in [0.29, 0.717) is 10.9 Å². The Labute approximate surface area is 205 Å². The molecule has 1 N–H and O–H groups in total.